The lowest BCUT2D eigenvalue weighted by Gasteiger charge is -2.12. The van der Waals surface area contributed by atoms with Gasteiger partial charge in [0.1, 0.15) is 6.33 Å². The molecule has 9 nitrogen and oxygen atoms in total. The zero-order valence-corrected chi connectivity index (χ0v) is 17.4. The number of rotatable bonds is 6. The Kier molecular flexibility index (Phi) is 5.26. The number of H-pyrrole nitrogens is 1. The second kappa shape index (κ2) is 8.37. The summed E-state index contributed by atoms with van der Waals surface area (Å²) >= 11 is 0. The molecular formula is C23H22N6O3. The van der Waals surface area contributed by atoms with E-state index in [4.69, 9.17) is 4.84 Å². The lowest BCUT2D eigenvalue weighted by atomic mass is 9.96. The zero-order valence-electron chi connectivity index (χ0n) is 17.4. The third kappa shape index (κ3) is 3.68. The van der Waals surface area contributed by atoms with Gasteiger partial charge in [-0.1, -0.05) is 61.9 Å². The van der Waals surface area contributed by atoms with Crippen LogP contribution >= 0.6 is 0 Å². The summed E-state index contributed by atoms with van der Waals surface area (Å²) in [5.74, 6) is 0.945. The highest BCUT2D eigenvalue weighted by Gasteiger charge is 2.19. The molecule has 1 unspecified atom stereocenters. The lowest BCUT2D eigenvalue weighted by molar-refractivity contribution is -0.102. The average molecular weight is 430 g/mol. The van der Waals surface area contributed by atoms with Crippen LogP contribution in [0.3, 0.4) is 0 Å². The van der Waals surface area contributed by atoms with Crippen molar-refractivity contribution in [3.8, 4) is 11.1 Å². The van der Waals surface area contributed by atoms with E-state index in [0.29, 0.717) is 23.6 Å². The maximum Gasteiger partial charge on any atom is 0.280 e. The zero-order chi connectivity index (χ0) is 22.1. The first kappa shape index (κ1) is 20.1. The largest absolute Gasteiger partial charge is 0.348 e. The summed E-state index contributed by atoms with van der Waals surface area (Å²) in [5, 5.41) is 13.8. The Balaban J connectivity index is 1.48. The number of nitrogens with zero attached hydrogens (tertiary/aromatic N) is 4. The summed E-state index contributed by atoms with van der Waals surface area (Å²) < 4.78 is 1.72. The molecule has 3 heterocycles. The van der Waals surface area contributed by atoms with Gasteiger partial charge in [-0.2, -0.15) is 10.1 Å². The number of nitrogens with one attached hydrogen (secondary N) is 2. The van der Waals surface area contributed by atoms with Gasteiger partial charge in [0.05, 0.1) is 5.69 Å². The highest BCUT2D eigenvalue weighted by Crippen LogP contribution is 2.26. The summed E-state index contributed by atoms with van der Waals surface area (Å²) in [6.45, 7) is 2.08. The van der Waals surface area contributed by atoms with E-state index in [9.17, 15) is 9.90 Å². The van der Waals surface area contributed by atoms with E-state index < -0.39 is 6.41 Å². The molecule has 5 rings (SSSR count). The van der Waals surface area contributed by atoms with Crippen molar-refractivity contribution < 1.29 is 9.94 Å². The Hall–Kier alpha value is -3.82. The molecule has 4 aromatic rings. The first-order valence-electron chi connectivity index (χ1n) is 10.4. The van der Waals surface area contributed by atoms with E-state index >= 15 is 0 Å². The lowest BCUT2D eigenvalue weighted by Crippen LogP contribution is -2.21. The van der Waals surface area contributed by atoms with Crippen LogP contribution in [0.4, 0.5) is 0 Å². The molecule has 162 valence electrons. The van der Waals surface area contributed by atoms with Crippen molar-refractivity contribution in [1.29, 1.82) is 0 Å². The normalized spacial score (nSPS) is 15.7. The van der Waals surface area contributed by atoms with Gasteiger partial charge in [-0.15, -0.1) is 0 Å². The number of aliphatic hydroxyl groups excluding tert-OH is 1. The Morgan fingerprint density at radius 3 is 2.62 bits per heavy atom. The van der Waals surface area contributed by atoms with Gasteiger partial charge in [-0.25, -0.2) is 19.8 Å². The first-order valence-corrected chi connectivity index (χ1v) is 10.4. The number of aromatic amines is 1. The second-order valence-corrected chi connectivity index (χ2v) is 7.57. The van der Waals surface area contributed by atoms with E-state index in [1.165, 1.54) is 6.33 Å². The molecule has 0 aliphatic carbocycles. The molecule has 0 saturated heterocycles. The van der Waals surface area contributed by atoms with Crippen molar-refractivity contribution in [2.24, 2.45) is 4.99 Å². The molecule has 2 aromatic heterocycles. The molecule has 3 N–H and O–H groups in total. The van der Waals surface area contributed by atoms with Crippen molar-refractivity contribution in [3.63, 3.8) is 0 Å². The molecule has 0 bridgehead atoms. The van der Waals surface area contributed by atoms with Crippen LogP contribution in [0.5, 0.6) is 0 Å². The molecule has 1 atom stereocenters. The van der Waals surface area contributed by atoms with Gasteiger partial charge in [0.15, 0.2) is 5.84 Å². The van der Waals surface area contributed by atoms with Crippen LogP contribution < -0.4 is 11.0 Å². The molecule has 0 radical (unpaired) electrons. The van der Waals surface area contributed by atoms with Crippen LogP contribution in [-0.4, -0.2) is 36.9 Å². The first-order chi connectivity index (χ1) is 15.6. The molecule has 0 spiro atoms. The summed E-state index contributed by atoms with van der Waals surface area (Å²) in [6, 6.07) is 15.8. The molecule has 2 aromatic carbocycles. The smallest absolute Gasteiger partial charge is 0.280 e. The Labute approximate surface area is 183 Å². The van der Waals surface area contributed by atoms with Crippen LogP contribution in [0.1, 0.15) is 35.7 Å². The quantitative estimate of drug-likeness (QED) is 0.432. The van der Waals surface area contributed by atoms with E-state index in [1.807, 2.05) is 48.5 Å². The van der Waals surface area contributed by atoms with Crippen LogP contribution in [-0.2, 0) is 17.7 Å². The van der Waals surface area contributed by atoms with E-state index in [1.54, 1.807) is 4.52 Å². The average Bonchev–Trinajstić information content (AvgIpc) is 3.45. The third-order valence-corrected chi connectivity index (χ3v) is 5.47. The molecule has 0 fully saturated rings. The van der Waals surface area contributed by atoms with Crippen LogP contribution in [0.2, 0.25) is 0 Å². The number of aryl methyl sites for hydroxylation is 1. The van der Waals surface area contributed by atoms with Gasteiger partial charge < -0.3 is 5.11 Å². The van der Waals surface area contributed by atoms with Gasteiger partial charge in [0, 0.05) is 17.5 Å². The monoisotopic (exact) mass is 430 g/mol. The highest BCUT2D eigenvalue weighted by atomic mass is 16.7. The van der Waals surface area contributed by atoms with Crippen LogP contribution in [0, 0.1) is 0 Å². The Morgan fingerprint density at radius 2 is 1.91 bits per heavy atom. The Bertz CT molecular complexity index is 1360. The standard InChI is InChI=1S/C23H22N6O3/c1-2-5-19-18(21(30)27-22-24-13-25-29(19)22)12-14-8-10-15(11-9-14)16-6-3-4-7-17(16)20-26-23(31)32-28-20/h3-4,6-11,13,23,31H,2,5,12H2,1H3,(H,26,28)(H,24,25,27,30). The molecule has 32 heavy (non-hydrogen) atoms. The third-order valence-electron chi connectivity index (χ3n) is 5.47. The number of hydroxylamine groups is 1. The number of benzene rings is 2. The molecule has 0 saturated carbocycles. The summed E-state index contributed by atoms with van der Waals surface area (Å²) in [6.07, 6.45) is 2.38. The van der Waals surface area contributed by atoms with E-state index in [-0.39, 0.29) is 5.56 Å². The molecule has 0 amide bonds. The summed E-state index contributed by atoms with van der Waals surface area (Å²) in [4.78, 5) is 28.7. The maximum atomic E-state index is 12.7. The topological polar surface area (TPSA) is 117 Å². The number of aliphatic hydroxyl groups is 1. The van der Waals surface area contributed by atoms with E-state index in [0.717, 1.165) is 40.8 Å². The van der Waals surface area contributed by atoms with Crippen molar-refractivity contribution in [1.82, 2.24) is 25.1 Å². The highest BCUT2D eigenvalue weighted by molar-refractivity contribution is 6.04. The number of aliphatic imine (C=N–C) groups is 1. The predicted octanol–water partition coefficient (Wildman–Crippen LogP) is 2.19. The van der Waals surface area contributed by atoms with Crippen molar-refractivity contribution in [3.05, 3.63) is 87.6 Å². The fraction of sp³-hybridized carbons (Fsp3) is 0.217. The second-order valence-electron chi connectivity index (χ2n) is 7.57. The SMILES string of the molecule is CCCc1c(Cc2ccc(-c3ccccc3C3=NC(O)ON3)cc2)c(=O)[nH]c2ncnn12. The van der Waals surface area contributed by atoms with Gasteiger partial charge in [-0.05, 0) is 23.1 Å². The molecule has 1 aliphatic heterocycles. The molecule has 9 heteroatoms. The number of amidine groups is 1. The van der Waals surface area contributed by atoms with Crippen LogP contribution in [0.15, 0.2) is 64.6 Å². The van der Waals surface area contributed by atoms with Gasteiger partial charge in [-0.3, -0.25) is 9.78 Å². The van der Waals surface area contributed by atoms with E-state index in [2.05, 4.69) is 32.5 Å². The van der Waals surface area contributed by atoms with Crippen molar-refractivity contribution in [2.45, 2.75) is 32.6 Å². The minimum absolute atomic E-state index is 0.132. The fourth-order valence-corrected chi connectivity index (χ4v) is 3.98. The number of hydrogen-bond acceptors (Lipinski definition) is 7. The summed E-state index contributed by atoms with van der Waals surface area (Å²) in [5.41, 5.74) is 7.91. The predicted molar refractivity (Wildman–Crippen MR) is 119 cm³/mol. The summed E-state index contributed by atoms with van der Waals surface area (Å²) in [7, 11) is 0. The molecule has 1 aliphatic rings. The Morgan fingerprint density at radius 1 is 1.12 bits per heavy atom. The van der Waals surface area contributed by atoms with Crippen molar-refractivity contribution in [2.75, 3.05) is 0 Å². The maximum absolute atomic E-state index is 12.7. The fourth-order valence-electron chi connectivity index (χ4n) is 3.98. The minimum atomic E-state index is -1.21. The number of hydrogen-bond donors (Lipinski definition) is 3. The van der Waals surface area contributed by atoms with Crippen molar-refractivity contribution >= 4 is 11.6 Å². The van der Waals surface area contributed by atoms with Crippen LogP contribution in [0.25, 0.3) is 16.9 Å². The van der Waals surface area contributed by atoms with Gasteiger partial charge in [0.25, 0.3) is 12.0 Å². The number of fused-ring (bicyclic) bond motifs is 1. The van der Waals surface area contributed by atoms with Gasteiger partial charge in [0.2, 0.25) is 5.78 Å². The molecular weight excluding hydrogens is 408 g/mol. The minimum Gasteiger partial charge on any atom is -0.348 e. The van der Waals surface area contributed by atoms with Gasteiger partial charge >= 0.3 is 0 Å². The number of aromatic nitrogens is 4.